The summed E-state index contributed by atoms with van der Waals surface area (Å²) in [6.45, 7) is 25.7. The Labute approximate surface area is 321 Å². The third-order valence-corrected chi connectivity index (χ3v) is 8.13. The van der Waals surface area contributed by atoms with Crippen LogP contribution in [0.4, 0.5) is 0 Å². The van der Waals surface area contributed by atoms with Crippen molar-refractivity contribution < 1.29 is 28.6 Å². The molecule has 0 spiro atoms. The molecule has 0 bridgehead atoms. The highest BCUT2D eigenvalue weighted by Gasteiger charge is 2.20. The molecule has 0 aromatic carbocycles. The molecule has 0 heterocycles. The summed E-state index contributed by atoms with van der Waals surface area (Å²) in [5.74, 6) is 3.40. The maximum Gasteiger partial charge on any atom is 0.310 e. The lowest BCUT2D eigenvalue weighted by atomic mass is 10.00. The molecule has 0 aromatic heterocycles. The molecular weight excluding hydrogens is 685 g/mol. The van der Waals surface area contributed by atoms with Crippen LogP contribution in [-0.2, 0) is 28.6 Å². The topological polar surface area (TPSA) is 78.9 Å². The fourth-order valence-corrected chi connectivity index (χ4v) is 5.20. The molecule has 0 unspecified atom stereocenters. The Morgan fingerprint density at radius 2 is 1.40 bits per heavy atom. The minimum Gasteiger partial charge on any atom is -0.497 e. The molecule has 0 amide bonds. The summed E-state index contributed by atoms with van der Waals surface area (Å²) in [5.41, 5.74) is 2.64. The Bertz CT molecular complexity index is 1120. The van der Waals surface area contributed by atoms with Gasteiger partial charge in [-0.2, -0.15) is 0 Å². The standard InChI is InChI=1S/C19H26O2S3.C16H26O4.3C2H6/c1-5-7-8-9-12-19(20)21-16(3)13-14-17(6-2)18(24-23-4)11-10-15-22;1-6-7-8-9-12(2)13(3)15(18)16(20-5)14(19-4)10-11-17;3*1-2/h6,11,13-14,22H,2,5,7-9,12H2,1,3-4H3;11H,6-10H2,1-5H3;3*1-2H3/b16-13+,17-14+,18-11-;13-12+,16-14-;;;. The first kappa shape index (κ1) is 56.8. The maximum atomic E-state index is 12.4. The second-order valence-electron chi connectivity index (χ2n) is 9.63. The molecule has 6 nitrogen and oxygen atoms in total. The van der Waals surface area contributed by atoms with Gasteiger partial charge in [0.25, 0.3) is 0 Å². The number of thiol groups is 1. The smallest absolute Gasteiger partial charge is 0.310 e. The first-order valence-electron chi connectivity index (χ1n) is 17.8. The van der Waals surface area contributed by atoms with Crippen molar-refractivity contribution in [2.45, 2.75) is 140 Å². The summed E-state index contributed by atoms with van der Waals surface area (Å²) in [7, 11) is 6.06. The summed E-state index contributed by atoms with van der Waals surface area (Å²) in [4.78, 5) is 35.7. The lowest BCUT2D eigenvalue weighted by Crippen LogP contribution is -2.12. The number of rotatable bonds is 21. The van der Waals surface area contributed by atoms with E-state index >= 15 is 0 Å². The van der Waals surface area contributed by atoms with Crippen molar-refractivity contribution in [3.63, 3.8) is 0 Å². The lowest BCUT2D eigenvalue weighted by molar-refractivity contribution is -0.139. The number of unbranched alkanes of at least 4 members (excludes halogenated alkanes) is 5. The Kier molecular flexibility index (Phi) is 50.6. The van der Waals surface area contributed by atoms with Crippen LogP contribution in [0.25, 0.3) is 0 Å². The normalized spacial score (nSPS) is 11.6. The summed E-state index contributed by atoms with van der Waals surface area (Å²) in [5, 5.41) is 2.55. The highest BCUT2D eigenvalue weighted by Crippen LogP contribution is 2.33. The third kappa shape index (κ3) is 31.4. The molecule has 0 fully saturated rings. The zero-order valence-corrected chi connectivity index (χ0v) is 36.4. The van der Waals surface area contributed by atoms with Gasteiger partial charge in [0.2, 0.25) is 11.5 Å². The van der Waals surface area contributed by atoms with Crippen molar-refractivity contribution in [3.05, 3.63) is 69.8 Å². The Morgan fingerprint density at radius 1 is 0.840 bits per heavy atom. The number of hydrogen-bond donors (Lipinski definition) is 1. The fraction of sp³-hybridized carbons (Fsp3) is 0.585. The van der Waals surface area contributed by atoms with Crippen molar-refractivity contribution >= 4 is 52.3 Å². The summed E-state index contributed by atoms with van der Waals surface area (Å²) in [6, 6.07) is 0. The maximum absolute atomic E-state index is 12.4. The van der Waals surface area contributed by atoms with E-state index in [4.69, 9.17) is 14.2 Å². The molecule has 9 heteroatoms. The number of Topliss-reactive ketones (excluding diaryl/α,β-unsaturated/α-hetero) is 1. The second kappa shape index (κ2) is 44.5. The van der Waals surface area contributed by atoms with Gasteiger partial charge in [-0.15, -0.1) is 0 Å². The van der Waals surface area contributed by atoms with E-state index in [1.807, 2.05) is 60.8 Å². The molecule has 0 aliphatic carbocycles. The Hall–Kier alpha value is -2.54. The summed E-state index contributed by atoms with van der Waals surface area (Å²) in [6.07, 6.45) is 18.9. The molecule has 0 atom stereocenters. The predicted molar refractivity (Wildman–Crippen MR) is 226 cm³/mol. The number of esters is 1. The SMILES string of the molecule is C=CC(=C\C=C(/C)OC(=O)CCCCCC)/C(=C/C#CS)SSC.CC.CC.CC.CCCCC/C(C)=C(\C)C(=O)/C(OC)=C(\CC=O)OC. The number of carbonyl (C=O) groups is 3. The van der Waals surface area contributed by atoms with E-state index in [1.165, 1.54) is 14.2 Å². The van der Waals surface area contributed by atoms with Gasteiger partial charge in [-0.1, -0.05) is 152 Å². The molecule has 0 saturated carbocycles. The largest absolute Gasteiger partial charge is 0.497 e. The highest BCUT2D eigenvalue weighted by atomic mass is 33.1. The van der Waals surface area contributed by atoms with E-state index in [2.05, 4.69) is 44.2 Å². The van der Waals surface area contributed by atoms with Crippen LogP contribution in [0.15, 0.2) is 69.8 Å². The van der Waals surface area contributed by atoms with E-state index in [1.54, 1.807) is 53.7 Å². The number of aldehydes is 1. The van der Waals surface area contributed by atoms with Gasteiger partial charge in [0.1, 0.15) is 17.8 Å². The van der Waals surface area contributed by atoms with Gasteiger partial charge < -0.3 is 19.0 Å². The van der Waals surface area contributed by atoms with Crippen molar-refractivity contribution in [1.82, 2.24) is 0 Å². The van der Waals surface area contributed by atoms with Crippen LogP contribution in [0.5, 0.6) is 0 Å². The Balaban J connectivity index is -0.000000237. The average Bonchev–Trinajstić information content (AvgIpc) is 3.14. The minimum absolute atomic E-state index is 0.0353. The molecule has 0 aromatic rings. The highest BCUT2D eigenvalue weighted by molar-refractivity contribution is 8.78. The third-order valence-electron chi connectivity index (χ3n) is 6.27. The number of methoxy groups -OCH3 is 2. The summed E-state index contributed by atoms with van der Waals surface area (Å²) >= 11 is 3.89. The van der Waals surface area contributed by atoms with Gasteiger partial charge in [0.05, 0.1) is 20.6 Å². The molecule has 0 aliphatic heterocycles. The van der Waals surface area contributed by atoms with Crippen LogP contribution >= 0.6 is 34.2 Å². The van der Waals surface area contributed by atoms with Crippen LogP contribution in [0.3, 0.4) is 0 Å². The molecule has 0 rings (SSSR count). The minimum atomic E-state index is -0.208. The number of ether oxygens (including phenoxy) is 3. The molecule has 0 radical (unpaired) electrons. The van der Waals surface area contributed by atoms with Gasteiger partial charge in [0, 0.05) is 17.4 Å². The first-order chi connectivity index (χ1) is 24.1. The van der Waals surface area contributed by atoms with Crippen LogP contribution in [0, 0.1) is 11.2 Å². The van der Waals surface area contributed by atoms with Crippen LogP contribution < -0.4 is 0 Å². The quantitative estimate of drug-likeness (QED) is 0.0143. The zero-order valence-electron chi connectivity index (χ0n) is 33.9. The van der Waals surface area contributed by atoms with Gasteiger partial charge in [0.15, 0.2) is 0 Å². The van der Waals surface area contributed by atoms with E-state index in [9.17, 15) is 14.4 Å². The van der Waals surface area contributed by atoms with Crippen LogP contribution in [0.2, 0.25) is 0 Å². The monoisotopic (exact) mass is 754 g/mol. The van der Waals surface area contributed by atoms with E-state index in [0.29, 0.717) is 24.0 Å². The van der Waals surface area contributed by atoms with Gasteiger partial charge in [-0.25, -0.2) is 0 Å². The van der Waals surface area contributed by atoms with Crippen molar-refractivity contribution in [1.29, 1.82) is 0 Å². The van der Waals surface area contributed by atoms with Gasteiger partial charge in [-0.3, -0.25) is 9.59 Å². The number of hydrogen-bond acceptors (Lipinski definition) is 9. The lowest BCUT2D eigenvalue weighted by Gasteiger charge is -2.12. The predicted octanol–water partition coefficient (Wildman–Crippen LogP) is 12.9. The van der Waals surface area contributed by atoms with Gasteiger partial charge in [-0.05, 0) is 68.8 Å². The Morgan fingerprint density at radius 3 is 1.86 bits per heavy atom. The molecule has 0 saturated heterocycles. The molecule has 288 valence electrons. The zero-order chi connectivity index (χ0) is 39.8. The van der Waals surface area contributed by atoms with Crippen LogP contribution in [-0.4, -0.2) is 38.5 Å². The number of ketones is 1. The van der Waals surface area contributed by atoms with Crippen molar-refractivity contribution in [2.24, 2.45) is 0 Å². The first-order valence-corrected chi connectivity index (χ1v) is 20.9. The van der Waals surface area contributed by atoms with Crippen molar-refractivity contribution in [3.8, 4) is 11.2 Å². The second-order valence-corrected chi connectivity index (χ2v) is 12.3. The summed E-state index contributed by atoms with van der Waals surface area (Å²) < 4.78 is 15.5. The van der Waals surface area contributed by atoms with E-state index < -0.39 is 0 Å². The number of carbonyl (C=O) groups excluding carboxylic acids is 3. The molecular formula is C41H70O6S3. The van der Waals surface area contributed by atoms with Gasteiger partial charge >= 0.3 is 5.97 Å². The molecule has 0 aliphatic rings. The molecule has 0 N–H and O–H groups in total. The van der Waals surface area contributed by atoms with E-state index in [0.717, 1.165) is 67.4 Å². The van der Waals surface area contributed by atoms with Crippen molar-refractivity contribution in [2.75, 3.05) is 20.5 Å². The average molecular weight is 755 g/mol. The fourth-order valence-electron chi connectivity index (χ4n) is 3.63. The van der Waals surface area contributed by atoms with Crippen LogP contribution in [0.1, 0.15) is 140 Å². The van der Waals surface area contributed by atoms with E-state index in [-0.39, 0.29) is 29.7 Å². The number of allylic oxidation sites excluding steroid dienone is 9. The molecule has 50 heavy (non-hydrogen) atoms.